The van der Waals surface area contributed by atoms with Crippen molar-refractivity contribution in [2.24, 2.45) is 11.8 Å². The van der Waals surface area contributed by atoms with E-state index >= 15 is 4.39 Å². The van der Waals surface area contributed by atoms with Gasteiger partial charge in [-0.3, -0.25) is 0 Å². The Morgan fingerprint density at radius 1 is 1.18 bits per heavy atom. The lowest BCUT2D eigenvalue weighted by Gasteiger charge is -2.42. The molecule has 0 aliphatic heterocycles. The Hall–Kier alpha value is -3.71. The Morgan fingerprint density at radius 2 is 2.03 bits per heavy atom. The molecule has 0 saturated heterocycles. The molecule has 13 heteroatoms. The Balaban J connectivity index is 1.34. The van der Waals surface area contributed by atoms with E-state index in [4.69, 9.17) is 9.47 Å². The molecule has 4 heterocycles. The molecule has 0 unspecified atom stereocenters. The Labute approximate surface area is 226 Å². The van der Waals surface area contributed by atoms with Crippen LogP contribution in [0.3, 0.4) is 0 Å². The first-order chi connectivity index (χ1) is 19.0. The molecule has 3 fully saturated rings. The molecule has 10 nitrogen and oxygen atoms in total. The second-order valence-corrected chi connectivity index (χ2v) is 10.9. The van der Waals surface area contributed by atoms with Crippen molar-refractivity contribution in [3.05, 3.63) is 41.2 Å². The number of aromatic amines is 1. The van der Waals surface area contributed by atoms with Gasteiger partial charge in [-0.1, -0.05) is 12.8 Å². The zero-order chi connectivity index (χ0) is 26.9. The fourth-order valence-electron chi connectivity index (χ4n) is 5.47. The second kappa shape index (κ2) is 10.8. The molecular weight excluding hydrogens is 530 g/mol. The van der Waals surface area contributed by atoms with Crippen LogP contribution in [0, 0.1) is 23.6 Å². The third kappa shape index (κ3) is 5.28. The number of fused-ring (bicyclic) bond motifs is 4. The van der Waals surface area contributed by atoms with Crippen molar-refractivity contribution < 1.29 is 27.8 Å². The number of methoxy groups -OCH3 is 1. The van der Waals surface area contributed by atoms with Crippen LogP contribution in [0.1, 0.15) is 37.0 Å². The predicted octanol–water partition coefficient (Wildman–Crippen LogP) is 5.67. The van der Waals surface area contributed by atoms with Crippen molar-refractivity contribution in [2.45, 2.75) is 44.8 Å². The lowest BCUT2D eigenvalue weighted by atomic mass is 9.68. The van der Waals surface area contributed by atoms with Gasteiger partial charge in [0.15, 0.2) is 29.9 Å². The van der Waals surface area contributed by atoms with E-state index in [1.807, 2.05) is 0 Å². The topological polar surface area (TPSA) is 124 Å². The summed E-state index contributed by atoms with van der Waals surface area (Å²) in [6.45, 7) is -0.128. The molecule has 7 rings (SSSR count). The standard InChI is InChI=1S/C26H26F2N6O4S/c1-36-26(35)38-12-37-11-15-6-7-18(39-15)22-20(28)24(31-17-8-13-2-4-14(17)5-3-13)34-23(33-22)16-9-29-25-21(16)32-19(27)10-30-25/h6-7,9-10,13-14,17H,2-5,8,11-12H2,1H3,(H,29,30)(H,31,33,34)/t13?,14?,17-/m1/s1. The van der Waals surface area contributed by atoms with Crippen LogP contribution in [0.2, 0.25) is 0 Å². The summed E-state index contributed by atoms with van der Waals surface area (Å²) in [5.41, 5.74) is 1.18. The Morgan fingerprint density at radius 3 is 2.79 bits per heavy atom. The zero-order valence-electron chi connectivity index (χ0n) is 21.1. The Kier molecular flexibility index (Phi) is 7.09. The van der Waals surface area contributed by atoms with Crippen molar-refractivity contribution >= 4 is 34.5 Å². The van der Waals surface area contributed by atoms with Crippen LogP contribution in [0.4, 0.5) is 19.4 Å². The van der Waals surface area contributed by atoms with Gasteiger partial charge < -0.3 is 24.5 Å². The number of hydrogen-bond acceptors (Lipinski definition) is 10. The number of carbonyl (C=O) groups is 1. The number of carbonyl (C=O) groups excluding carboxylic acids is 1. The Bertz CT molecular complexity index is 1500. The summed E-state index contributed by atoms with van der Waals surface area (Å²) in [5.74, 6) is 0.151. The predicted molar refractivity (Wildman–Crippen MR) is 139 cm³/mol. The van der Waals surface area contributed by atoms with Crippen LogP contribution in [0.25, 0.3) is 33.1 Å². The highest BCUT2D eigenvalue weighted by molar-refractivity contribution is 7.15. The van der Waals surface area contributed by atoms with Crippen molar-refractivity contribution in [1.82, 2.24) is 24.9 Å². The van der Waals surface area contributed by atoms with Crippen molar-refractivity contribution in [2.75, 3.05) is 19.2 Å². The van der Waals surface area contributed by atoms with Gasteiger partial charge in [0.2, 0.25) is 5.95 Å². The summed E-state index contributed by atoms with van der Waals surface area (Å²) in [6.07, 6.45) is 7.45. The van der Waals surface area contributed by atoms with Gasteiger partial charge in [0.1, 0.15) is 11.2 Å². The van der Waals surface area contributed by atoms with E-state index in [0.717, 1.165) is 30.3 Å². The number of nitrogens with zero attached hydrogens (tertiary/aromatic N) is 4. The first-order valence-electron chi connectivity index (χ1n) is 12.7. The molecule has 1 atom stereocenters. The van der Waals surface area contributed by atoms with Crippen LogP contribution < -0.4 is 5.32 Å². The number of aromatic nitrogens is 5. The fourth-order valence-corrected chi connectivity index (χ4v) is 6.40. The summed E-state index contributed by atoms with van der Waals surface area (Å²) < 4.78 is 44.4. The van der Waals surface area contributed by atoms with E-state index in [-0.39, 0.29) is 42.3 Å². The van der Waals surface area contributed by atoms with Gasteiger partial charge in [-0.25, -0.2) is 29.1 Å². The van der Waals surface area contributed by atoms with Gasteiger partial charge in [-0.15, -0.1) is 11.3 Å². The lowest BCUT2D eigenvalue weighted by molar-refractivity contribution is -0.0455. The first-order valence-corrected chi connectivity index (χ1v) is 13.5. The molecule has 39 heavy (non-hydrogen) atoms. The number of thiophene rings is 1. The lowest BCUT2D eigenvalue weighted by Crippen LogP contribution is -2.40. The largest absolute Gasteiger partial charge is 0.510 e. The van der Waals surface area contributed by atoms with Gasteiger partial charge in [0.05, 0.1) is 30.4 Å². The molecule has 204 valence electrons. The van der Waals surface area contributed by atoms with Crippen LogP contribution >= 0.6 is 11.3 Å². The van der Waals surface area contributed by atoms with E-state index in [1.54, 1.807) is 18.3 Å². The number of ether oxygens (including phenoxy) is 3. The molecular formula is C26H26F2N6O4S. The zero-order valence-corrected chi connectivity index (χ0v) is 21.9. The van der Waals surface area contributed by atoms with E-state index in [2.05, 4.69) is 35.0 Å². The summed E-state index contributed by atoms with van der Waals surface area (Å²) in [7, 11) is 1.21. The molecule has 2 bridgehead atoms. The van der Waals surface area contributed by atoms with Gasteiger partial charge in [-0.2, -0.15) is 4.39 Å². The molecule has 4 aromatic heterocycles. The number of hydrogen-bond donors (Lipinski definition) is 2. The number of rotatable bonds is 8. The summed E-state index contributed by atoms with van der Waals surface area (Å²) in [4.78, 5) is 32.5. The molecule has 3 saturated carbocycles. The normalized spacial score (nSPS) is 20.3. The second-order valence-electron chi connectivity index (χ2n) is 9.75. The third-order valence-electron chi connectivity index (χ3n) is 7.38. The molecule has 3 aliphatic rings. The quantitative estimate of drug-likeness (QED) is 0.160. The van der Waals surface area contributed by atoms with E-state index in [9.17, 15) is 9.18 Å². The van der Waals surface area contributed by atoms with Crippen LogP contribution in [-0.2, 0) is 20.8 Å². The minimum absolute atomic E-state index is 0.115. The molecule has 2 N–H and O–H groups in total. The highest BCUT2D eigenvalue weighted by atomic mass is 32.1. The summed E-state index contributed by atoms with van der Waals surface area (Å²) in [6, 6.07) is 3.67. The first kappa shape index (κ1) is 25.6. The molecule has 4 aromatic rings. The van der Waals surface area contributed by atoms with E-state index in [1.165, 1.54) is 31.3 Å². The highest BCUT2D eigenvalue weighted by Gasteiger charge is 2.36. The minimum atomic E-state index is -0.842. The number of anilines is 1. The highest BCUT2D eigenvalue weighted by Crippen LogP contribution is 2.43. The monoisotopic (exact) mass is 556 g/mol. The SMILES string of the molecule is COC(=O)OCOCc1ccc(-c2nc(-c3c[nH]c4ncc(F)nc34)nc(N[C@@H]3CC4CCC3CC4)c2F)s1. The van der Waals surface area contributed by atoms with E-state index in [0.29, 0.717) is 27.9 Å². The smallest absolute Gasteiger partial charge is 0.438 e. The number of halogens is 2. The van der Waals surface area contributed by atoms with Crippen molar-refractivity contribution in [3.8, 4) is 22.0 Å². The van der Waals surface area contributed by atoms with Gasteiger partial charge >= 0.3 is 6.16 Å². The summed E-state index contributed by atoms with van der Waals surface area (Å²) >= 11 is 1.29. The average Bonchev–Trinajstić information content (AvgIpc) is 3.60. The average molecular weight is 557 g/mol. The van der Waals surface area contributed by atoms with Crippen LogP contribution in [0.5, 0.6) is 0 Å². The summed E-state index contributed by atoms with van der Waals surface area (Å²) in [5, 5.41) is 3.39. The van der Waals surface area contributed by atoms with Gasteiger partial charge in [-0.05, 0) is 43.2 Å². The fraction of sp³-hybridized carbons (Fsp3) is 0.423. The number of nitrogens with one attached hydrogen (secondary N) is 2. The maximum Gasteiger partial charge on any atom is 0.510 e. The van der Waals surface area contributed by atoms with Crippen molar-refractivity contribution in [3.63, 3.8) is 0 Å². The maximum absolute atomic E-state index is 16.0. The van der Waals surface area contributed by atoms with Crippen LogP contribution in [0.15, 0.2) is 24.5 Å². The molecule has 0 spiro atoms. The maximum atomic E-state index is 16.0. The molecule has 0 aromatic carbocycles. The van der Waals surface area contributed by atoms with Crippen molar-refractivity contribution in [1.29, 1.82) is 0 Å². The third-order valence-corrected chi connectivity index (χ3v) is 8.44. The number of H-pyrrole nitrogens is 1. The van der Waals surface area contributed by atoms with Gasteiger partial charge in [0.25, 0.3) is 0 Å². The molecule has 3 aliphatic carbocycles. The molecule has 0 amide bonds. The minimum Gasteiger partial charge on any atom is -0.438 e. The van der Waals surface area contributed by atoms with Crippen LogP contribution in [-0.4, -0.2) is 51.0 Å². The van der Waals surface area contributed by atoms with E-state index < -0.39 is 17.9 Å². The van der Waals surface area contributed by atoms with Gasteiger partial charge in [0, 0.05) is 17.1 Å². The molecule has 0 radical (unpaired) electrons.